The smallest absolute Gasteiger partial charge is 0.296 e. The third-order valence-corrected chi connectivity index (χ3v) is 4.61. The van der Waals surface area contributed by atoms with Crippen LogP contribution in [0.3, 0.4) is 0 Å². The molecule has 0 saturated carbocycles. The van der Waals surface area contributed by atoms with Crippen molar-refractivity contribution in [3.05, 3.63) is 59.7 Å². The van der Waals surface area contributed by atoms with Gasteiger partial charge in [-0.3, -0.25) is 19.2 Å². The minimum Gasteiger partial charge on any atom is -0.376 e. The second-order valence-electron chi connectivity index (χ2n) is 6.93. The Bertz CT molecular complexity index is 950. The number of carbonyl (C=O) groups is 4. The first-order chi connectivity index (χ1) is 14.4. The molecule has 0 bridgehead atoms. The molecule has 30 heavy (non-hydrogen) atoms. The monoisotopic (exact) mass is 409 g/mol. The first-order valence-corrected chi connectivity index (χ1v) is 9.66. The van der Waals surface area contributed by atoms with Crippen LogP contribution in [0.2, 0.25) is 0 Å². The Hall–Kier alpha value is -3.52. The number of ketones is 1. The van der Waals surface area contributed by atoms with Crippen LogP contribution < -0.4 is 16.0 Å². The van der Waals surface area contributed by atoms with E-state index in [1.165, 1.54) is 13.0 Å². The lowest BCUT2D eigenvalue weighted by Gasteiger charge is -2.11. The molecule has 0 aromatic heterocycles. The molecule has 0 spiro atoms. The number of hydrogen-bond donors (Lipinski definition) is 3. The highest BCUT2D eigenvalue weighted by Gasteiger charge is 2.20. The van der Waals surface area contributed by atoms with Crippen molar-refractivity contribution in [2.24, 2.45) is 0 Å². The molecule has 3 amide bonds. The SMILES string of the molecule is CC(=O)Nc1ccccc1C(=O)C(=O)Nc1ccc(C(=O)NC[C@@H]2CCCO2)cc1. The van der Waals surface area contributed by atoms with Crippen LogP contribution in [-0.2, 0) is 14.3 Å². The predicted octanol–water partition coefficient (Wildman–Crippen LogP) is 2.38. The molecule has 8 heteroatoms. The van der Waals surface area contributed by atoms with Gasteiger partial charge in [-0.05, 0) is 49.2 Å². The summed E-state index contributed by atoms with van der Waals surface area (Å²) in [6, 6.07) is 12.5. The molecule has 1 aliphatic heterocycles. The Morgan fingerprint density at radius 3 is 2.40 bits per heavy atom. The van der Waals surface area contributed by atoms with E-state index in [1.54, 1.807) is 42.5 Å². The fourth-order valence-electron chi connectivity index (χ4n) is 3.11. The fourth-order valence-corrected chi connectivity index (χ4v) is 3.11. The zero-order chi connectivity index (χ0) is 21.5. The van der Waals surface area contributed by atoms with Crippen LogP contribution in [0.15, 0.2) is 48.5 Å². The molecule has 1 heterocycles. The Morgan fingerprint density at radius 1 is 1.00 bits per heavy atom. The molecule has 0 unspecified atom stereocenters. The Morgan fingerprint density at radius 2 is 1.73 bits per heavy atom. The van der Waals surface area contributed by atoms with Crippen molar-refractivity contribution < 1.29 is 23.9 Å². The first-order valence-electron chi connectivity index (χ1n) is 9.66. The number of hydrogen-bond acceptors (Lipinski definition) is 5. The van der Waals surface area contributed by atoms with E-state index in [2.05, 4.69) is 16.0 Å². The number of para-hydroxylation sites is 1. The van der Waals surface area contributed by atoms with Crippen LogP contribution in [0.25, 0.3) is 0 Å². The summed E-state index contributed by atoms with van der Waals surface area (Å²) < 4.78 is 5.47. The second kappa shape index (κ2) is 9.80. The van der Waals surface area contributed by atoms with Gasteiger partial charge in [0.25, 0.3) is 17.6 Å². The van der Waals surface area contributed by atoms with E-state index in [0.717, 1.165) is 19.4 Å². The number of carbonyl (C=O) groups excluding carboxylic acids is 4. The summed E-state index contributed by atoms with van der Waals surface area (Å²) in [4.78, 5) is 48.4. The first kappa shape index (κ1) is 21.2. The topological polar surface area (TPSA) is 114 Å². The lowest BCUT2D eigenvalue weighted by molar-refractivity contribution is -0.114. The average Bonchev–Trinajstić information content (AvgIpc) is 3.25. The van der Waals surface area contributed by atoms with Gasteiger partial charge in [0.2, 0.25) is 5.91 Å². The van der Waals surface area contributed by atoms with E-state index in [-0.39, 0.29) is 29.2 Å². The van der Waals surface area contributed by atoms with Gasteiger partial charge in [0.15, 0.2) is 0 Å². The third kappa shape index (κ3) is 5.51. The standard InChI is InChI=1S/C22H23N3O5/c1-14(26)24-19-7-3-2-6-18(19)20(27)22(29)25-16-10-8-15(9-11-16)21(28)23-13-17-5-4-12-30-17/h2-3,6-11,17H,4-5,12-13H2,1H3,(H,23,28)(H,24,26)(H,25,29)/t17-/m0/s1. The van der Waals surface area contributed by atoms with Crippen molar-refractivity contribution in [1.29, 1.82) is 0 Å². The van der Waals surface area contributed by atoms with Gasteiger partial charge in [0.05, 0.1) is 17.4 Å². The number of benzene rings is 2. The minimum atomic E-state index is -0.844. The molecule has 3 rings (SSSR count). The summed E-state index contributed by atoms with van der Waals surface area (Å²) in [5.74, 6) is -2.20. The van der Waals surface area contributed by atoms with Gasteiger partial charge in [-0.25, -0.2) is 0 Å². The van der Waals surface area contributed by atoms with Gasteiger partial charge in [-0.1, -0.05) is 12.1 Å². The summed E-state index contributed by atoms with van der Waals surface area (Å²) >= 11 is 0. The van der Waals surface area contributed by atoms with E-state index in [0.29, 0.717) is 17.8 Å². The van der Waals surface area contributed by atoms with Crippen LogP contribution >= 0.6 is 0 Å². The van der Waals surface area contributed by atoms with Gasteiger partial charge in [-0.15, -0.1) is 0 Å². The number of anilines is 2. The van der Waals surface area contributed by atoms with Crippen molar-refractivity contribution in [2.45, 2.75) is 25.9 Å². The highest BCUT2D eigenvalue weighted by molar-refractivity contribution is 6.47. The molecule has 1 saturated heterocycles. The molecule has 2 aromatic rings. The van der Waals surface area contributed by atoms with Crippen molar-refractivity contribution in [3.8, 4) is 0 Å². The molecule has 3 N–H and O–H groups in total. The maximum atomic E-state index is 12.5. The van der Waals surface area contributed by atoms with Crippen LogP contribution in [0, 0.1) is 0 Å². The highest BCUT2D eigenvalue weighted by Crippen LogP contribution is 2.17. The molecule has 8 nitrogen and oxygen atoms in total. The van der Waals surface area contributed by atoms with Crippen LogP contribution in [-0.4, -0.2) is 42.8 Å². The van der Waals surface area contributed by atoms with Crippen LogP contribution in [0.5, 0.6) is 0 Å². The summed E-state index contributed by atoms with van der Waals surface area (Å²) in [6.07, 6.45) is 1.99. The van der Waals surface area contributed by atoms with Gasteiger partial charge in [-0.2, -0.15) is 0 Å². The highest BCUT2D eigenvalue weighted by atomic mass is 16.5. The van der Waals surface area contributed by atoms with Gasteiger partial charge >= 0.3 is 0 Å². The average molecular weight is 409 g/mol. The van der Waals surface area contributed by atoms with Gasteiger partial charge in [0, 0.05) is 31.3 Å². The molecule has 2 aromatic carbocycles. The molecular weight excluding hydrogens is 386 g/mol. The van der Waals surface area contributed by atoms with E-state index in [1.807, 2.05) is 0 Å². The van der Waals surface area contributed by atoms with Crippen molar-refractivity contribution in [2.75, 3.05) is 23.8 Å². The molecule has 0 aliphatic carbocycles. The normalized spacial score (nSPS) is 15.3. The van der Waals surface area contributed by atoms with E-state index in [4.69, 9.17) is 4.74 Å². The summed E-state index contributed by atoms with van der Waals surface area (Å²) in [5, 5.41) is 7.87. The number of nitrogens with one attached hydrogen (secondary N) is 3. The minimum absolute atomic E-state index is 0.0545. The summed E-state index contributed by atoms with van der Waals surface area (Å²) in [7, 11) is 0. The molecule has 1 aliphatic rings. The maximum absolute atomic E-state index is 12.5. The van der Waals surface area contributed by atoms with Gasteiger partial charge < -0.3 is 20.7 Å². The quantitative estimate of drug-likeness (QED) is 0.480. The second-order valence-corrected chi connectivity index (χ2v) is 6.93. The Labute approximate surface area is 174 Å². The summed E-state index contributed by atoms with van der Waals surface area (Å²) in [6.45, 7) is 2.50. The van der Waals surface area contributed by atoms with Gasteiger partial charge in [0.1, 0.15) is 0 Å². The molecule has 0 radical (unpaired) electrons. The predicted molar refractivity (Wildman–Crippen MR) is 111 cm³/mol. The molecule has 1 atom stereocenters. The number of amides is 3. The molecular formula is C22H23N3O5. The third-order valence-electron chi connectivity index (χ3n) is 4.61. The van der Waals surface area contributed by atoms with Crippen molar-refractivity contribution >= 4 is 34.9 Å². The summed E-state index contributed by atoms with van der Waals surface area (Å²) in [5.41, 5.74) is 1.17. The Kier molecular flexibility index (Phi) is 6.92. The Balaban J connectivity index is 1.59. The fraction of sp³-hybridized carbons (Fsp3) is 0.273. The van der Waals surface area contributed by atoms with Crippen molar-refractivity contribution in [3.63, 3.8) is 0 Å². The lowest BCUT2D eigenvalue weighted by atomic mass is 10.1. The van der Waals surface area contributed by atoms with Crippen LogP contribution in [0.4, 0.5) is 11.4 Å². The zero-order valence-corrected chi connectivity index (χ0v) is 16.6. The van der Waals surface area contributed by atoms with E-state index >= 15 is 0 Å². The number of rotatable bonds is 7. The lowest BCUT2D eigenvalue weighted by Crippen LogP contribution is -2.31. The molecule has 156 valence electrons. The van der Waals surface area contributed by atoms with Crippen molar-refractivity contribution in [1.82, 2.24) is 5.32 Å². The largest absolute Gasteiger partial charge is 0.376 e. The molecule has 1 fully saturated rings. The van der Waals surface area contributed by atoms with E-state index in [9.17, 15) is 19.2 Å². The maximum Gasteiger partial charge on any atom is 0.296 e. The number of Topliss-reactive ketones (excluding diaryl/α,β-unsaturated/α-hetero) is 1. The zero-order valence-electron chi connectivity index (χ0n) is 16.6. The van der Waals surface area contributed by atoms with Crippen LogP contribution in [0.1, 0.15) is 40.5 Å². The number of ether oxygens (including phenoxy) is 1. The van der Waals surface area contributed by atoms with E-state index < -0.39 is 11.7 Å².